The van der Waals surface area contributed by atoms with Gasteiger partial charge in [0.15, 0.2) is 17.8 Å². The maximum Gasteiger partial charge on any atom is 0.340 e. The number of allylic oxidation sites excluding steroid dienone is 4. The lowest BCUT2D eigenvalue weighted by Gasteiger charge is -2.57. The molecule has 0 radical (unpaired) electrons. The van der Waals surface area contributed by atoms with Gasteiger partial charge in [-0.2, -0.15) is 0 Å². The highest BCUT2D eigenvalue weighted by Crippen LogP contribution is 2.64. The van der Waals surface area contributed by atoms with Gasteiger partial charge in [-0.05, 0) is 186 Å². The zero-order valence-corrected chi connectivity index (χ0v) is 50.5. The van der Waals surface area contributed by atoms with Gasteiger partial charge in [-0.15, -0.1) is 0 Å². The summed E-state index contributed by atoms with van der Waals surface area (Å²) >= 11 is 0. The molecular weight excluding hydrogens is 1100 g/mol. The Balaban J connectivity index is 0.885. The van der Waals surface area contributed by atoms with E-state index in [2.05, 4.69) is 127 Å². The molecule has 14 unspecified atom stereocenters. The first kappa shape index (κ1) is 57.3. The van der Waals surface area contributed by atoms with Crippen LogP contribution in [-0.2, 0) is 55.1 Å². The van der Waals surface area contributed by atoms with Crippen molar-refractivity contribution in [3.63, 3.8) is 0 Å². The van der Waals surface area contributed by atoms with E-state index in [4.69, 9.17) is 23.4 Å². The van der Waals surface area contributed by atoms with Crippen LogP contribution in [0, 0.1) is 35.5 Å². The molecule has 5 aromatic carbocycles. The second-order valence-corrected chi connectivity index (χ2v) is 27.2. The third-order valence-electron chi connectivity index (χ3n) is 23.2. The summed E-state index contributed by atoms with van der Waals surface area (Å²) in [5.41, 5.74) is 11.4. The highest BCUT2D eigenvalue weighted by atomic mass is 16.6. The van der Waals surface area contributed by atoms with Crippen molar-refractivity contribution < 1.29 is 48.3 Å². The molecular formula is C77H80O11. The van der Waals surface area contributed by atoms with E-state index in [1.807, 2.05) is 6.07 Å². The van der Waals surface area contributed by atoms with Crippen molar-refractivity contribution >= 4 is 29.0 Å². The van der Waals surface area contributed by atoms with Gasteiger partial charge in [0.05, 0.1) is 25.4 Å². The molecule has 454 valence electrons. The first-order chi connectivity index (χ1) is 43.1. The topological polar surface area (TPSA) is 162 Å². The molecule has 3 aliphatic heterocycles. The van der Waals surface area contributed by atoms with Crippen LogP contribution in [0.2, 0.25) is 0 Å². The number of benzene rings is 5. The third-order valence-corrected chi connectivity index (χ3v) is 23.2. The fraction of sp³-hybridized carbons (Fsp3) is 0.442. The lowest BCUT2D eigenvalue weighted by molar-refractivity contribution is -0.205. The van der Waals surface area contributed by atoms with Crippen LogP contribution in [0.4, 0.5) is 0 Å². The van der Waals surface area contributed by atoms with Gasteiger partial charge in [-0.1, -0.05) is 134 Å². The summed E-state index contributed by atoms with van der Waals surface area (Å²) in [5.74, 6) is -0.679. The summed E-state index contributed by atoms with van der Waals surface area (Å²) in [6.45, 7) is 0.680. The van der Waals surface area contributed by atoms with Gasteiger partial charge < -0.3 is 38.7 Å². The smallest absolute Gasteiger partial charge is 0.340 e. The van der Waals surface area contributed by atoms with E-state index < -0.39 is 47.9 Å². The van der Waals surface area contributed by atoms with E-state index in [-0.39, 0.29) is 103 Å². The number of rotatable bonds is 8. The highest BCUT2D eigenvalue weighted by Gasteiger charge is 2.65. The van der Waals surface area contributed by atoms with E-state index in [1.165, 1.54) is 66.2 Å². The number of carbonyl (C=O) groups is 2. The second kappa shape index (κ2) is 23.0. The van der Waals surface area contributed by atoms with Crippen LogP contribution < -0.4 is 10.4 Å². The molecule has 0 saturated heterocycles. The third kappa shape index (κ3) is 9.12. The quantitative estimate of drug-likeness (QED) is 0.0576. The average Bonchev–Trinajstić information content (AvgIpc) is 0.986. The fourth-order valence-electron chi connectivity index (χ4n) is 19.4. The summed E-state index contributed by atoms with van der Waals surface area (Å²) < 4.78 is 34.1. The molecule has 16 rings (SSSR count). The normalized spacial score (nSPS) is 31.7. The van der Waals surface area contributed by atoms with Crippen LogP contribution in [0.5, 0.6) is 5.75 Å². The average molecular weight is 1180 g/mol. The molecule has 11 nitrogen and oxygen atoms in total. The molecule has 4 heterocycles. The predicted octanol–water partition coefficient (Wildman–Crippen LogP) is 13.4. The summed E-state index contributed by atoms with van der Waals surface area (Å²) in [7, 11) is 1.52. The minimum atomic E-state index is -1.38. The molecule has 2 fully saturated rings. The van der Waals surface area contributed by atoms with Crippen LogP contribution in [-0.4, -0.2) is 65.9 Å². The highest BCUT2D eigenvalue weighted by molar-refractivity contribution is 5.91. The summed E-state index contributed by atoms with van der Waals surface area (Å²) in [6.07, 6.45) is 22.0. The van der Waals surface area contributed by atoms with Crippen molar-refractivity contribution in [2.24, 2.45) is 35.5 Å². The fourth-order valence-corrected chi connectivity index (χ4v) is 19.4. The molecule has 6 aromatic rings. The number of carbonyl (C=O) groups excluding carboxylic acids is 2. The number of fused-ring (bicyclic) bond motifs is 19. The van der Waals surface area contributed by atoms with E-state index in [0.717, 1.165) is 30.4 Å². The number of methoxy groups -OCH3 is 1. The number of aliphatic hydroxyl groups excluding tert-OH is 3. The van der Waals surface area contributed by atoms with Gasteiger partial charge in [0.25, 0.3) is 0 Å². The van der Waals surface area contributed by atoms with Crippen LogP contribution >= 0.6 is 0 Å². The maximum absolute atomic E-state index is 16.0. The Bertz CT molecular complexity index is 3910. The van der Waals surface area contributed by atoms with Gasteiger partial charge >= 0.3 is 17.6 Å². The lowest BCUT2D eigenvalue weighted by Crippen LogP contribution is -2.61. The first-order valence-electron chi connectivity index (χ1n) is 32.7. The van der Waals surface area contributed by atoms with Crippen LogP contribution in [0.25, 0.3) is 17.0 Å². The summed E-state index contributed by atoms with van der Waals surface area (Å²) in [5, 5.41) is 32.8. The molecule has 14 atom stereocenters. The number of aryl methyl sites for hydroxylation is 2. The number of hydrogen-bond acceptors (Lipinski definition) is 11. The van der Waals surface area contributed by atoms with Crippen molar-refractivity contribution in [2.45, 2.75) is 150 Å². The Labute approximate surface area is 515 Å². The molecule has 3 N–H and O–H groups in total. The van der Waals surface area contributed by atoms with Gasteiger partial charge in [0, 0.05) is 72.2 Å². The van der Waals surface area contributed by atoms with Crippen molar-refractivity contribution in [1.29, 1.82) is 0 Å². The van der Waals surface area contributed by atoms with E-state index in [9.17, 15) is 20.1 Å². The van der Waals surface area contributed by atoms with E-state index >= 15 is 9.59 Å². The molecule has 7 aliphatic carbocycles. The zero-order chi connectivity index (χ0) is 60.0. The maximum atomic E-state index is 16.0. The standard InChI is InChI=1S/C77H80O11/c1-44(41-79)54-29-21-45-19-22-47(23-20-45)55-30-26-49(57-15-8-18-65-60(57)32-28-53-13-7-12-52-27-24-48-11-4-6-17-64(48)77(52,53)65)38-51(55)39-68(81)85-72-70-67(34-33-61-63(42-80)69(75(83)86-71(61)70)50(35-37-78)43-84-2)88-76(73(72)87-74(54)82)36-9-16-59-58-31-25-46-10-3-5-14-56(46)62(58)40-66(59)76/h3-6,8-11,14-20,22-23,25-26,30-31,33-34,49-53,55,58-59,62,66,72-73,78-80H,7,12-13,21,24,27-29,32,35-43H2,1-2H3. The minimum Gasteiger partial charge on any atom is -0.482 e. The molecule has 11 heteroatoms. The number of aliphatic hydroxyl groups is 3. The van der Waals surface area contributed by atoms with E-state index in [0.29, 0.717) is 65.4 Å². The molecule has 2 saturated carbocycles. The van der Waals surface area contributed by atoms with Crippen LogP contribution in [0.3, 0.4) is 0 Å². The van der Waals surface area contributed by atoms with Gasteiger partial charge in [0.1, 0.15) is 11.3 Å². The molecule has 1 aromatic heterocycles. The first-order valence-corrected chi connectivity index (χ1v) is 32.7. The lowest BCUT2D eigenvalue weighted by atomic mass is 9.46. The Kier molecular flexibility index (Phi) is 15.0. The number of esters is 2. The molecule has 2 spiro atoms. The van der Waals surface area contributed by atoms with Gasteiger partial charge in [-0.25, -0.2) is 9.59 Å². The van der Waals surface area contributed by atoms with Gasteiger partial charge in [0.2, 0.25) is 0 Å². The zero-order valence-electron chi connectivity index (χ0n) is 50.5. The Hall–Kier alpha value is -7.15. The predicted molar refractivity (Wildman–Crippen MR) is 337 cm³/mol. The number of ether oxygens (including phenoxy) is 4. The molecule has 10 aliphatic rings. The SMILES string of the molecule is COCC(CCO)c1c(CO)c2ccc3c(c2oc1=O)C1OC(=O)CC2CC(c4cccc5c4CCC4CCCC6CCc7ccccc7C564)C=CC2c2ccc(cc2)CCC(=C(C)CO)C(=O)OC1C1(CC=CC2C4C=Cc5ccccc5C4CC21)O3. The van der Waals surface area contributed by atoms with E-state index in [1.54, 1.807) is 18.6 Å². The Morgan fingerprint density at radius 3 is 2.38 bits per heavy atom. The second-order valence-electron chi connectivity index (χ2n) is 27.2. The Morgan fingerprint density at radius 1 is 0.761 bits per heavy atom. The molecule has 88 heavy (non-hydrogen) atoms. The van der Waals surface area contributed by atoms with Crippen molar-refractivity contribution in [3.05, 3.63) is 222 Å². The van der Waals surface area contributed by atoms with Crippen molar-refractivity contribution in [2.75, 3.05) is 26.9 Å². The van der Waals surface area contributed by atoms with Gasteiger partial charge in [-0.3, -0.25) is 4.79 Å². The number of hydrogen-bond donors (Lipinski definition) is 3. The summed E-state index contributed by atoms with van der Waals surface area (Å²) in [6, 6.07) is 37.1. The monoisotopic (exact) mass is 1180 g/mol. The largest absolute Gasteiger partial charge is 0.482 e. The van der Waals surface area contributed by atoms with Crippen LogP contribution in [0.15, 0.2) is 154 Å². The molecule has 2 bridgehead atoms. The molecule has 0 amide bonds. The summed E-state index contributed by atoms with van der Waals surface area (Å²) in [4.78, 5) is 46.4. The minimum absolute atomic E-state index is 0.0183. The Morgan fingerprint density at radius 2 is 1.56 bits per heavy atom. The van der Waals surface area contributed by atoms with Crippen molar-refractivity contribution in [1.82, 2.24) is 0 Å². The van der Waals surface area contributed by atoms with Crippen LogP contribution in [0.1, 0.15) is 174 Å². The van der Waals surface area contributed by atoms with Crippen molar-refractivity contribution in [3.8, 4) is 5.75 Å².